The van der Waals surface area contributed by atoms with Crippen LogP contribution in [0, 0.1) is 0 Å². The second-order valence-corrected chi connectivity index (χ2v) is 5.49. The van der Waals surface area contributed by atoms with E-state index >= 15 is 0 Å². The maximum Gasteiger partial charge on any atom is 0.271 e. The van der Waals surface area contributed by atoms with E-state index in [1.807, 2.05) is 48.5 Å². The van der Waals surface area contributed by atoms with Gasteiger partial charge in [0.2, 0.25) is 12.3 Å². The van der Waals surface area contributed by atoms with E-state index in [9.17, 15) is 9.59 Å². The number of carbonyl (C=O) groups excluding carboxylic acids is 2. The third kappa shape index (κ3) is 4.32. The molecule has 3 rings (SSSR count). The van der Waals surface area contributed by atoms with Crippen molar-refractivity contribution in [2.75, 3.05) is 0 Å². The fourth-order valence-corrected chi connectivity index (χ4v) is 2.42. The molecule has 0 amide bonds. The summed E-state index contributed by atoms with van der Waals surface area (Å²) in [6, 6.07) is 18.6. The van der Waals surface area contributed by atoms with Gasteiger partial charge in [-0.2, -0.15) is 4.57 Å². The van der Waals surface area contributed by atoms with E-state index in [-0.39, 0.29) is 18.1 Å². The van der Waals surface area contributed by atoms with Crippen molar-refractivity contribution < 1.29 is 14.2 Å². The van der Waals surface area contributed by atoms with Gasteiger partial charge in [-0.25, -0.2) is 0 Å². The molecule has 4 heteroatoms. The third-order valence-electron chi connectivity index (χ3n) is 3.73. The molecule has 2 aromatic carbocycles. The molecule has 25 heavy (non-hydrogen) atoms. The Morgan fingerprint density at radius 3 is 2.36 bits per heavy atom. The molecule has 3 aromatic rings. The third-order valence-corrected chi connectivity index (χ3v) is 3.73. The summed E-state index contributed by atoms with van der Waals surface area (Å²) in [5, 5.41) is 0. The minimum Gasteiger partial charge on any atom is -0.287 e. The number of Topliss-reactive ketones (excluding diaryl/α,β-unsaturated/α-hetero) is 1. The standard InChI is InChI=1S/C21H17N2O2/c24-20(12-11-17-7-3-1-4-8-17)19-15-22-13-14-23(19)16-21(25)18-9-5-2-6-10-18/h1-15H,16H2/q+1. The number of carbonyl (C=O) groups is 2. The first-order chi connectivity index (χ1) is 12.2. The van der Waals surface area contributed by atoms with Gasteiger partial charge in [-0.3, -0.25) is 14.6 Å². The maximum absolute atomic E-state index is 12.5. The fourth-order valence-electron chi connectivity index (χ4n) is 2.42. The zero-order chi connectivity index (χ0) is 17.5. The Morgan fingerprint density at radius 2 is 1.64 bits per heavy atom. The van der Waals surface area contributed by atoms with Gasteiger partial charge >= 0.3 is 0 Å². The molecule has 1 heterocycles. The number of hydrogen-bond acceptors (Lipinski definition) is 3. The van der Waals surface area contributed by atoms with E-state index in [1.54, 1.807) is 35.2 Å². The monoisotopic (exact) mass is 329 g/mol. The molecule has 0 aliphatic carbocycles. The van der Waals surface area contributed by atoms with Crippen molar-refractivity contribution in [2.45, 2.75) is 6.54 Å². The van der Waals surface area contributed by atoms with E-state index in [2.05, 4.69) is 4.98 Å². The first-order valence-electron chi connectivity index (χ1n) is 7.93. The molecule has 4 nitrogen and oxygen atoms in total. The van der Waals surface area contributed by atoms with Gasteiger partial charge < -0.3 is 0 Å². The van der Waals surface area contributed by atoms with E-state index in [0.29, 0.717) is 11.3 Å². The minimum atomic E-state index is -0.196. The van der Waals surface area contributed by atoms with Crippen LogP contribution in [0.4, 0.5) is 0 Å². The molecular formula is C21H17N2O2+. The molecule has 0 aliphatic rings. The molecule has 0 aliphatic heterocycles. The Balaban J connectivity index is 1.80. The van der Waals surface area contributed by atoms with Crippen LogP contribution in [0.3, 0.4) is 0 Å². The topological polar surface area (TPSA) is 50.9 Å². The number of benzene rings is 2. The lowest BCUT2D eigenvalue weighted by atomic mass is 10.1. The molecule has 0 atom stereocenters. The Labute approximate surface area is 146 Å². The summed E-state index contributed by atoms with van der Waals surface area (Å²) in [7, 11) is 0. The lowest BCUT2D eigenvalue weighted by molar-refractivity contribution is -0.685. The molecular weight excluding hydrogens is 312 g/mol. The van der Waals surface area contributed by atoms with Crippen LogP contribution in [-0.4, -0.2) is 16.6 Å². The van der Waals surface area contributed by atoms with Crippen LogP contribution in [0.5, 0.6) is 0 Å². The lowest BCUT2D eigenvalue weighted by Crippen LogP contribution is -2.43. The molecule has 0 saturated carbocycles. The first kappa shape index (κ1) is 16.5. The summed E-state index contributed by atoms with van der Waals surface area (Å²) in [5.41, 5.74) is 1.93. The van der Waals surface area contributed by atoms with Crippen LogP contribution in [0.2, 0.25) is 0 Å². The Bertz CT molecular complexity index is 903. The van der Waals surface area contributed by atoms with Gasteiger partial charge in [0, 0.05) is 5.56 Å². The number of rotatable bonds is 6. The largest absolute Gasteiger partial charge is 0.287 e. The summed E-state index contributed by atoms with van der Waals surface area (Å²) < 4.78 is 1.62. The molecule has 0 bridgehead atoms. The first-order valence-corrected chi connectivity index (χ1v) is 7.93. The van der Waals surface area contributed by atoms with Crippen LogP contribution < -0.4 is 4.57 Å². The second-order valence-electron chi connectivity index (χ2n) is 5.49. The lowest BCUT2D eigenvalue weighted by Gasteiger charge is -2.01. The Hall–Kier alpha value is -3.40. The number of hydrogen-bond donors (Lipinski definition) is 0. The van der Waals surface area contributed by atoms with Crippen molar-refractivity contribution in [3.05, 3.63) is 102 Å². The summed E-state index contributed by atoms with van der Waals surface area (Å²) in [6.45, 7) is 0.0901. The van der Waals surface area contributed by atoms with Crippen molar-refractivity contribution >= 4 is 17.6 Å². The predicted octanol–water partition coefficient (Wildman–Crippen LogP) is 3.15. The summed E-state index contributed by atoms with van der Waals surface area (Å²) >= 11 is 0. The van der Waals surface area contributed by atoms with Crippen LogP contribution in [-0.2, 0) is 6.54 Å². The highest BCUT2D eigenvalue weighted by Crippen LogP contribution is 2.04. The average Bonchev–Trinajstić information content (AvgIpc) is 2.68. The molecule has 0 fully saturated rings. The number of nitrogens with zero attached hydrogens (tertiary/aromatic N) is 2. The van der Waals surface area contributed by atoms with Crippen molar-refractivity contribution in [3.8, 4) is 0 Å². The summed E-state index contributed by atoms with van der Waals surface area (Å²) in [5.74, 6) is -0.254. The molecule has 0 radical (unpaired) electrons. The molecule has 122 valence electrons. The highest BCUT2D eigenvalue weighted by Gasteiger charge is 2.20. The normalized spacial score (nSPS) is 10.7. The van der Waals surface area contributed by atoms with Gasteiger partial charge in [0.15, 0.2) is 6.20 Å². The van der Waals surface area contributed by atoms with E-state index in [1.165, 1.54) is 12.3 Å². The second kappa shape index (κ2) is 7.93. The van der Waals surface area contributed by atoms with E-state index < -0.39 is 0 Å². The summed E-state index contributed by atoms with van der Waals surface area (Å²) in [4.78, 5) is 28.9. The van der Waals surface area contributed by atoms with Gasteiger partial charge in [0.05, 0.1) is 6.20 Å². The van der Waals surface area contributed by atoms with Gasteiger partial charge in [-0.15, -0.1) is 0 Å². The predicted molar refractivity (Wildman–Crippen MR) is 95.0 cm³/mol. The van der Waals surface area contributed by atoms with Gasteiger partial charge in [0.1, 0.15) is 6.20 Å². The Morgan fingerprint density at radius 1 is 0.960 bits per heavy atom. The molecule has 0 unspecified atom stereocenters. The number of aromatic nitrogens is 2. The highest BCUT2D eigenvalue weighted by molar-refractivity contribution is 6.04. The fraction of sp³-hybridized carbons (Fsp3) is 0.0476. The zero-order valence-corrected chi connectivity index (χ0v) is 13.6. The van der Waals surface area contributed by atoms with E-state index in [0.717, 1.165) is 5.56 Å². The van der Waals surface area contributed by atoms with Crippen molar-refractivity contribution in [3.63, 3.8) is 0 Å². The van der Waals surface area contributed by atoms with Crippen LogP contribution in [0.15, 0.2) is 85.3 Å². The number of ketones is 2. The van der Waals surface area contributed by atoms with E-state index in [4.69, 9.17) is 0 Å². The molecule has 0 spiro atoms. The zero-order valence-electron chi connectivity index (χ0n) is 13.6. The minimum absolute atomic E-state index is 0.0575. The van der Waals surface area contributed by atoms with Crippen molar-refractivity contribution in [1.82, 2.24) is 4.98 Å². The Kier molecular flexibility index (Phi) is 5.22. The van der Waals surface area contributed by atoms with Crippen LogP contribution in [0.25, 0.3) is 6.08 Å². The molecule has 1 aromatic heterocycles. The van der Waals surface area contributed by atoms with Gasteiger partial charge in [0.25, 0.3) is 11.5 Å². The maximum atomic E-state index is 12.5. The average molecular weight is 329 g/mol. The number of allylic oxidation sites excluding steroid dienone is 1. The van der Waals surface area contributed by atoms with Gasteiger partial charge in [-0.1, -0.05) is 66.7 Å². The van der Waals surface area contributed by atoms with Crippen LogP contribution >= 0.6 is 0 Å². The quantitative estimate of drug-likeness (QED) is 0.396. The smallest absolute Gasteiger partial charge is 0.271 e. The molecule has 0 saturated heterocycles. The van der Waals surface area contributed by atoms with Crippen molar-refractivity contribution in [1.29, 1.82) is 0 Å². The SMILES string of the molecule is O=C(C[n+]1ccncc1C(=O)C=Cc1ccccc1)c1ccccc1. The van der Waals surface area contributed by atoms with Crippen LogP contribution in [0.1, 0.15) is 26.4 Å². The molecule has 0 N–H and O–H groups in total. The van der Waals surface area contributed by atoms with Gasteiger partial charge in [-0.05, 0) is 11.6 Å². The van der Waals surface area contributed by atoms with Crippen molar-refractivity contribution in [2.24, 2.45) is 0 Å². The summed E-state index contributed by atoms with van der Waals surface area (Å²) in [6.07, 6.45) is 7.94. The highest BCUT2D eigenvalue weighted by atomic mass is 16.1.